The second-order valence-electron chi connectivity index (χ2n) is 2.68. The van der Waals surface area contributed by atoms with Crippen LogP contribution in [0.5, 0.6) is 0 Å². The minimum atomic E-state index is -0.566. The third kappa shape index (κ3) is 2.22. The summed E-state index contributed by atoms with van der Waals surface area (Å²) in [5, 5.41) is 9.39. The summed E-state index contributed by atoms with van der Waals surface area (Å²) in [7, 11) is 0. The lowest BCUT2D eigenvalue weighted by Crippen LogP contribution is -1.98. The van der Waals surface area contributed by atoms with Crippen molar-refractivity contribution in [3.05, 3.63) is 33.8 Å². The molecule has 0 aliphatic heterocycles. The SMILES string of the molecule is Cc1ccc(C(O)CCl)cc1Br. The van der Waals surface area contributed by atoms with Gasteiger partial charge in [-0.25, -0.2) is 0 Å². The Morgan fingerprint density at radius 3 is 2.75 bits per heavy atom. The largest absolute Gasteiger partial charge is 0.387 e. The second-order valence-corrected chi connectivity index (χ2v) is 3.84. The summed E-state index contributed by atoms with van der Waals surface area (Å²) >= 11 is 8.90. The van der Waals surface area contributed by atoms with Gasteiger partial charge in [0.05, 0.1) is 12.0 Å². The Kier molecular flexibility index (Phi) is 3.56. The van der Waals surface area contributed by atoms with Crippen molar-refractivity contribution in [2.75, 3.05) is 5.88 Å². The molecule has 1 aromatic rings. The van der Waals surface area contributed by atoms with Gasteiger partial charge in [-0.3, -0.25) is 0 Å². The average molecular weight is 250 g/mol. The van der Waals surface area contributed by atoms with Gasteiger partial charge in [-0.15, -0.1) is 11.6 Å². The van der Waals surface area contributed by atoms with Gasteiger partial charge in [-0.1, -0.05) is 28.1 Å². The highest BCUT2D eigenvalue weighted by Gasteiger charge is 2.06. The van der Waals surface area contributed by atoms with Crippen LogP contribution >= 0.6 is 27.5 Å². The van der Waals surface area contributed by atoms with Gasteiger partial charge in [0.2, 0.25) is 0 Å². The second kappa shape index (κ2) is 4.26. The van der Waals surface area contributed by atoms with E-state index in [1.165, 1.54) is 0 Å². The number of alkyl halides is 1. The summed E-state index contributed by atoms with van der Waals surface area (Å²) in [5.41, 5.74) is 2.00. The van der Waals surface area contributed by atoms with Crippen molar-refractivity contribution < 1.29 is 5.11 Å². The Morgan fingerprint density at radius 2 is 2.25 bits per heavy atom. The topological polar surface area (TPSA) is 20.2 Å². The van der Waals surface area contributed by atoms with Gasteiger partial charge in [0.25, 0.3) is 0 Å². The lowest BCUT2D eigenvalue weighted by Gasteiger charge is -2.08. The number of hydrogen-bond donors (Lipinski definition) is 1. The summed E-state index contributed by atoms with van der Waals surface area (Å²) in [6.45, 7) is 2.00. The molecule has 1 N–H and O–H groups in total. The number of halogens is 2. The van der Waals surface area contributed by atoms with Crippen LogP contribution in [0.25, 0.3) is 0 Å². The number of aryl methyl sites for hydroxylation is 1. The van der Waals surface area contributed by atoms with Crippen LogP contribution in [-0.2, 0) is 0 Å². The van der Waals surface area contributed by atoms with Crippen LogP contribution in [0.1, 0.15) is 17.2 Å². The van der Waals surface area contributed by atoms with E-state index < -0.39 is 6.10 Å². The molecular weight excluding hydrogens is 239 g/mol. The van der Waals surface area contributed by atoms with E-state index in [1.54, 1.807) is 0 Å². The third-order valence-electron chi connectivity index (χ3n) is 1.73. The average Bonchev–Trinajstić information content (AvgIpc) is 2.08. The maximum Gasteiger partial charge on any atom is 0.0925 e. The fourth-order valence-electron chi connectivity index (χ4n) is 0.905. The molecule has 12 heavy (non-hydrogen) atoms. The first-order valence-corrected chi connectivity index (χ1v) is 4.98. The Balaban J connectivity index is 2.96. The van der Waals surface area contributed by atoms with Crippen LogP contribution < -0.4 is 0 Å². The van der Waals surface area contributed by atoms with Crippen molar-refractivity contribution in [2.24, 2.45) is 0 Å². The van der Waals surface area contributed by atoms with Crippen molar-refractivity contribution in [3.63, 3.8) is 0 Å². The standard InChI is InChI=1S/C9H10BrClO/c1-6-2-3-7(4-8(6)10)9(12)5-11/h2-4,9,12H,5H2,1H3. The molecule has 1 atom stereocenters. The van der Waals surface area contributed by atoms with Gasteiger partial charge in [0, 0.05) is 4.47 Å². The zero-order valence-electron chi connectivity index (χ0n) is 6.72. The van der Waals surface area contributed by atoms with Crippen LogP contribution in [0, 0.1) is 6.92 Å². The Labute approximate surface area is 85.5 Å². The molecule has 3 heteroatoms. The summed E-state index contributed by atoms with van der Waals surface area (Å²) in [5.74, 6) is 0.232. The van der Waals surface area contributed by atoms with Crippen LogP contribution in [0.4, 0.5) is 0 Å². The van der Waals surface area contributed by atoms with Crippen LogP contribution in [0.2, 0.25) is 0 Å². The number of hydrogen-bond acceptors (Lipinski definition) is 1. The molecule has 0 radical (unpaired) electrons. The molecule has 0 spiro atoms. The molecular formula is C9H10BrClO. The van der Waals surface area contributed by atoms with E-state index in [2.05, 4.69) is 15.9 Å². The minimum absolute atomic E-state index is 0.232. The molecule has 0 amide bonds. The Bertz CT molecular complexity index is 275. The third-order valence-corrected chi connectivity index (χ3v) is 2.87. The molecule has 0 heterocycles. The summed E-state index contributed by atoms with van der Waals surface area (Å²) in [6, 6.07) is 5.73. The highest BCUT2D eigenvalue weighted by molar-refractivity contribution is 9.10. The van der Waals surface area contributed by atoms with Crippen molar-refractivity contribution >= 4 is 27.5 Å². The van der Waals surface area contributed by atoms with Crippen molar-refractivity contribution in [3.8, 4) is 0 Å². The Hall–Kier alpha value is -0.0500. The van der Waals surface area contributed by atoms with Gasteiger partial charge in [-0.2, -0.15) is 0 Å². The van der Waals surface area contributed by atoms with E-state index in [9.17, 15) is 5.11 Å². The van der Waals surface area contributed by atoms with E-state index in [-0.39, 0.29) is 5.88 Å². The fourth-order valence-corrected chi connectivity index (χ4v) is 1.48. The monoisotopic (exact) mass is 248 g/mol. The van der Waals surface area contributed by atoms with Crippen LogP contribution in [0.15, 0.2) is 22.7 Å². The predicted octanol–water partition coefficient (Wildman–Crippen LogP) is 3.03. The number of aliphatic hydroxyl groups is 1. The normalized spacial score (nSPS) is 13.0. The van der Waals surface area contributed by atoms with Gasteiger partial charge < -0.3 is 5.11 Å². The van der Waals surface area contributed by atoms with Crippen molar-refractivity contribution in [2.45, 2.75) is 13.0 Å². The van der Waals surface area contributed by atoms with Crippen LogP contribution in [-0.4, -0.2) is 11.0 Å². The molecule has 1 unspecified atom stereocenters. The molecule has 0 saturated heterocycles. The van der Waals surface area contributed by atoms with E-state index in [0.29, 0.717) is 0 Å². The molecule has 1 nitrogen and oxygen atoms in total. The van der Waals surface area contributed by atoms with Crippen molar-refractivity contribution in [1.82, 2.24) is 0 Å². The van der Waals surface area contributed by atoms with Gasteiger partial charge in [0.1, 0.15) is 0 Å². The Morgan fingerprint density at radius 1 is 1.58 bits per heavy atom. The van der Waals surface area contributed by atoms with Gasteiger partial charge >= 0.3 is 0 Å². The first-order chi connectivity index (χ1) is 5.65. The smallest absolute Gasteiger partial charge is 0.0925 e. The fraction of sp³-hybridized carbons (Fsp3) is 0.333. The van der Waals surface area contributed by atoms with E-state index >= 15 is 0 Å². The van der Waals surface area contributed by atoms with Gasteiger partial charge in [0.15, 0.2) is 0 Å². The quantitative estimate of drug-likeness (QED) is 0.799. The first kappa shape index (κ1) is 10.0. The van der Waals surface area contributed by atoms with E-state index in [4.69, 9.17) is 11.6 Å². The van der Waals surface area contributed by atoms with E-state index in [1.807, 2.05) is 25.1 Å². The van der Waals surface area contributed by atoms with Crippen molar-refractivity contribution in [1.29, 1.82) is 0 Å². The number of rotatable bonds is 2. The predicted molar refractivity (Wildman–Crippen MR) is 54.6 cm³/mol. The molecule has 0 aromatic heterocycles. The molecule has 0 aliphatic carbocycles. The number of benzene rings is 1. The van der Waals surface area contributed by atoms with Gasteiger partial charge in [-0.05, 0) is 24.1 Å². The highest BCUT2D eigenvalue weighted by Crippen LogP contribution is 2.22. The molecule has 0 aliphatic rings. The molecule has 0 saturated carbocycles. The van der Waals surface area contributed by atoms with Crippen LogP contribution in [0.3, 0.4) is 0 Å². The summed E-state index contributed by atoms with van der Waals surface area (Å²) in [6.07, 6.45) is -0.566. The summed E-state index contributed by atoms with van der Waals surface area (Å²) in [4.78, 5) is 0. The molecule has 0 bridgehead atoms. The highest BCUT2D eigenvalue weighted by atomic mass is 79.9. The van der Waals surface area contributed by atoms with E-state index in [0.717, 1.165) is 15.6 Å². The lowest BCUT2D eigenvalue weighted by molar-refractivity contribution is 0.202. The minimum Gasteiger partial charge on any atom is -0.387 e. The lowest BCUT2D eigenvalue weighted by atomic mass is 10.1. The molecule has 1 rings (SSSR count). The first-order valence-electron chi connectivity index (χ1n) is 3.65. The molecule has 1 aromatic carbocycles. The molecule has 66 valence electrons. The zero-order chi connectivity index (χ0) is 9.14. The maximum atomic E-state index is 9.39. The number of aliphatic hydroxyl groups excluding tert-OH is 1. The maximum absolute atomic E-state index is 9.39. The zero-order valence-corrected chi connectivity index (χ0v) is 9.06. The molecule has 0 fully saturated rings. The summed E-state index contributed by atoms with van der Waals surface area (Å²) < 4.78 is 1.00.